The van der Waals surface area contributed by atoms with E-state index in [1.807, 2.05) is 0 Å². The van der Waals surface area contributed by atoms with Gasteiger partial charge in [0.05, 0.1) is 25.2 Å². The second kappa shape index (κ2) is 5.69. The van der Waals surface area contributed by atoms with Crippen LogP contribution in [0, 0.1) is 6.92 Å². The number of fused-ring (bicyclic) bond motifs is 1. The Hall–Kier alpha value is -2.15. The Labute approximate surface area is 121 Å². The fourth-order valence-corrected chi connectivity index (χ4v) is 2.49. The van der Waals surface area contributed by atoms with Crippen LogP contribution in [0.2, 0.25) is 0 Å². The van der Waals surface area contributed by atoms with Gasteiger partial charge < -0.3 is 18.8 Å². The summed E-state index contributed by atoms with van der Waals surface area (Å²) in [5.74, 6) is 0.791. The monoisotopic (exact) mass is 291 g/mol. The first-order chi connectivity index (χ1) is 10.2. The number of esters is 1. The topological polar surface area (TPSA) is 77.7 Å². The molecule has 0 aromatic carbocycles. The molecule has 0 amide bonds. The van der Waals surface area contributed by atoms with Gasteiger partial charge in [-0.3, -0.25) is 0 Å². The second-order valence-electron chi connectivity index (χ2n) is 4.73. The van der Waals surface area contributed by atoms with Gasteiger partial charge in [-0.1, -0.05) is 0 Å². The van der Waals surface area contributed by atoms with Crippen LogP contribution in [0.4, 0.5) is 5.82 Å². The van der Waals surface area contributed by atoms with Gasteiger partial charge in [-0.2, -0.15) is 0 Å². The fourth-order valence-electron chi connectivity index (χ4n) is 2.49. The van der Waals surface area contributed by atoms with Crippen molar-refractivity contribution in [1.82, 2.24) is 9.97 Å². The van der Waals surface area contributed by atoms with Gasteiger partial charge in [-0.15, -0.1) is 0 Å². The lowest BCUT2D eigenvalue weighted by Crippen LogP contribution is -2.37. The summed E-state index contributed by atoms with van der Waals surface area (Å²) in [6.45, 7) is 6.53. The third kappa shape index (κ3) is 2.44. The fraction of sp³-hybridized carbons (Fsp3) is 0.500. The largest absolute Gasteiger partial charge is 0.462 e. The lowest BCUT2D eigenvalue weighted by Gasteiger charge is -2.28. The van der Waals surface area contributed by atoms with Crippen LogP contribution in [0.5, 0.6) is 0 Å². The zero-order valence-corrected chi connectivity index (χ0v) is 12.1. The van der Waals surface area contributed by atoms with Crippen molar-refractivity contribution >= 4 is 22.9 Å². The first-order valence-corrected chi connectivity index (χ1v) is 6.96. The van der Waals surface area contributed by atoms with E-state index in [1.165, 1.54) is 6.33 Å². The highest BCUT2D eigenvalue weighted by molar-refractivity contribution is 6.07. The summed E-state index contributed by atoms with van der Waals surface area (Å²) < 4.78 is 16.1. The highest BCUT2D eigenvalue weighted by Gasteiger charge is 2.26. The minimum absolute atomic E-state index is 0.311. The van der Waals surface area contributed by atoms with Crippen LogP contribution in [-0.2, 0) is 9.47 Å². The average Bonchev–Trinajstić information content (AvgIpc) is 2.84. The number of ether oxygens (including phenoxy) is 2. The van der Waals surface area contributed by atoms with Crippen molar-refractivity contribution in [3.8, 4) is 0 Å². The first kappa shape index (κ1) is 13.8. The number of furan rings is 1. The number of hydrogen-bond donors (Lipinski definition) is 0. The molecule has 0 bridgehead atoms. The summed E-state index contributed by atoms with van der Waals surface area (Å²) in [7, 11) is 0. The normalized spacial score (nSPS) is 15.4. The van der Waals surface area contributed by atoms with E-state index in [0.29, 0.717) is 48.1 Å². The van der Waals surface area contributed by atoms with Crippen molar-refractivity contribution in [2.75, 3.05) is 37.8 Å². The van der Waals surface area contributed by atoms with Crippen LogP contribution >= 0.6 is 0 Å². The number of nitrogens with zero attached hydrogens (tertiary/aromatic N) is 3. The highest BCUT2D eigenvalue weighted by atomic mass is 16.5. The van der Waals surface area contributed by atoms with Gasteiger partial charge in [0.15, 0.2) is 0 Å². The molecule has 1 saturated heterocycles. The molecule has 0 spiro atoms. The van der Waals surface area contributed by atoms with Crippen molar-refractivity contribution in [2.24, 2.45) is 0 Å². The molecule has 7 heteroatoms. The van der Waals surface area contributed by atoms with Crippen LogP contribution in [0.1, 0.15) is 23.0 Å². The molecule has 1 fully saturated rings. The number of aryl methyl sites for hydroxylation is 1. The number of carbonyl (C=O) groups excluding carboxylic acids is 1. The van der Waals surface area contributed by atoms with Crippen molar-refractivity contribution in [3.05, 3.63) is 17.7 Å². The zero-order valence-electron chi connectivity index (χ0n) is 12.1. The van der Waals surface area contributed by atoms with Gasteiger partial charge in [0.2, 0.25) is 5.71 Å². The minimum atomic E-state index is -0.405. The predicted molar refractivity (Wildman–Crippen MR) is 75.5 cm³/mol. The van der Waals surface area contributed by atoms with Gasteiger partial charge in [-0.05, 0) is 13.8 Å². The van der Waals surface area contributed by atoms with E-state index in [4.69, 9.17) is 13.9 Å². The summed E-state index contributed by atoms with van der Waals surface area (Å²) in [5.41, 5.74) is 0.820. The molecule has 0 unspecified atom stereocenters. The quantitative estimate of drug-likeness (QED) is 0.794. The van der Waals surface area contributed by atoms with Gasteiger partial charge in [-0.25, -0.2) is 14.8 Å². The Bertz CT molecular complexity index is 662. The van der Waals surface area contributed by atoms with E-state index in [0.717, 1.165) is 13.1 Å². The standard InChI is InChI=1S/C14H17N3O4/c1-3-20-14(18)10-9(2)21-13-11(10)12(15-8-16-13)17-4-6-19-7-5-17/h8H,3-7H2,1-2H3. The molecule has 3 rings (SSSR count). The Morgan fingerprint density at radius 2 is 2.14 bits per heavy atom. The zero-order chi connectivity index (χ0) is 14.8. The van der Waals surface area contributed by atoms with E-state index in [9.17, 15) is 4.79 Å². The summed E-state index contributed by atoms with van der Waals surface area (Å²) >= 11 is 0. The van der Waals surface area contributed by atoms with Crippen LogP contribution < -0.4 is 4.90 Å². The third-order valence-electron chi connectivity index (χ3n) is 3.43. The summed E-state index contributed by atoms with van der Waals surface area (Å²) in [4.78, 5) is 22.7. The van der Waals surface area contributed by atoms with Crippen LogP contribution in [0.15, 0.2) is 10.7 Å². The van der Waals surface area contributed by atoms with Crippen molar-refractivity contribution < 1.29 is 18.7 Å². The summed E-state index contributed by atoms with van der Waals surface area (Å²) in [6.07, 6.45) is 1.45. The van der Waals surface area contributed by atoms with E-state index in [1.54, 1.807) is 13.8 Å². The highest BCUT2D eigenvalue weighted by Crippen LogP contribution is 2.31. The third-order valence-corrected chi connectivity index (χ3v) is 3.43. The molecule has 112 valence electrons. The number of morpholine rings is 1. The Balaban J connectivity index is 2.13. The molecule has 2 aromatic rings. The second-order valence-corrected chi connectivity index (χ2v) is 4.73. The SMILES string of the molecule is CCOC(=O)c1c(C)oc2ncnc(N3CCOCC3)c12. The van der Waals surface area contributed by atoms with Gasteiger partial charge in [0.25, 0.3) is 0 Å². The van der Waals surface area contributed by atoms with Crippen LogP contribution in [-0.4, -0.2) is 48.8 Å². The van der Waals surface area contributed by atoms with Crippen molar-refractivity contribution in [2.45, 2.75) is 13.8 Å². The van der Waals surface area contributed by atoms with Gasteiger partial charge >= 0.3 is 5.97 Å². The van der Waals surface area contributed by atoms with E-state index in [-0.39, 0.29) is 0 Å². The molecule has 1 aliphatic heterocycles. The molecule has 2 aromatic heterocycles. The smallest absolute Gasteiger partial charge is 0.342 e. The van der Waals surface area contributed by atoms with Crippen molar-refractivity contribution in [3.63, 3.8) is 0 Å². The summed E-state index contributed by atoms with van der Waals surface area (Å²) in [5, 5.41) is 0.621. The van der Waals surface area contributed by atoms with Crippen LogP contribution in [0.3, 0.4) is 0 Å². The average molecular weight is 291 g/mol. The maximum absolute atomic E-state index is 12.2. The van der Waals surface area contributed by atoms with E-state index in [2.05, 4.69) is 14.9 Å². The Morgan fingerprint density at radius 3 is 2.86 bits per heavy atom. The number of carbonyl (C=O) groups is 1. The predicted octanol–water partition coefficient (Wildman–Crippen LogP) is 1.54. The molecular formula is C14H17N3O4. The molecule has 0 radical (unpaired) electrons. The number of aromatic nitrogens is 2. The van der Waals surface area contributed by atoms with Gasteiger partial charge in [0, 0.05) is 13.1 Å². The molecule has 7 nitrogen and oxygen atoms in total. The lowest BCUT2D eigenvalue weighted by atomic mass is 10.1. The Kier molecular flexibility index (Phi) is 3.74. The molecule has 21 heavy (non-hydrogen) atoms. The number of hydrogen-bond acceptors (Lipinski definition) is 7. The Morgan fingerprint density at radius 1 is 1.38 bits per heavy atom. The van der Waals surface area contributed by atoms with Crippen LogP contribution in [0.25, 0.3) is 11.1 Å². The van der Waals surface area contributed by atoms with E-state index < -0.39 is 5.97 Å². The lowest BCUT2D eigenvalue weighted by molar-refractivity contribution is 0.0526. The minimum Gasteiger partial charge on any atom is -0.462 e. The molecule has 0 atom stereocenters. The molecule has 1 aliphatic rings. The van der Waals surface area contributed by atoms with Crippen molar-refractivity contribution in [1.29, 1.82) is 0 Å². The maximum Gasteiger partial charge on any atom is 0.342 e. The number of anilines is 1. The first-order valence-electron chi connectivity index (χ1n) is 6.96. The molecule has 0 N–H and O–H groups in total. The molecule has 0 aliphatic carbocycles. The molecular weight excluding hydrogens is 274 g/mol. The number of rotatable bonds is 3. The maximum atomic E-state index is 12.2. The van der Waals surface area contributed by atoms with E-state index >= 15 is 0 Å². The summed E-state index contributed by atoms with van der Waals surface area (Å²) in [6, 6.07) is 0. The molecule has 3 heterocycles. The van der Waals surface area contributed by atoms with Gasteiger partial charge in [0.1, 0.15) is 23.5 Å². The molecule has 0 saturated carbocycles.